The summed E-state index contributed by atoms with van der Waals surface area (Å²) in [5, 5.41) is 0.671. The number of fused-ring (bicyclic) bond motifs is 1. The van der Waals surface area contributed by atoms with Gasteiger partial charge in [-0.1, -0.05) is 17.7 Å². The lowest BCUT2D eigenvalue weighted by molar-refractivity contribution is 0.696. The van der Waals surface area contributed by atoms with Crippen molar-refractivity contribution in [1.82, 2.24) is 9.55 Å². The molecule has 4 heteroatoms. The zero-order valence-electron chi connectivity index (χ0n) is 8.16. The maximum Gasteiger partial charge on any atom is 0.126 e. The lowest BCUT2D eigenvalue weighted by atomic mass is 10.3. The number of benzene rings is 1. The molecule has 2 N–H and O–H groups in total. The molecule has 2 aromatic rings. The molecule has 0 spiro atoms. The number of aromatic nitrogens is 2. The molecular weight excluding hydrogens is 198 g/mol. The van der Waals surface area contributed by atoms with E-state index in [1.807, 2.05) is 36.7 Å². The Morgan fingerprint density at radius 2 is 2.21 bits per heavy atom. The average Bonchev–Trinajstić information content (AvgIpc) is 2.46. The SMILES string of the molecule is C[C@H](N)c1nc2c(Cl)cccc2n1C. The van der Waals surface area contributed by atoms with Crippen molar-refractivity contribution in [3.63, 3.8) is 0 Å². The third-order valence-electron chi connectivity index (χ3n) is 2.30. The molecule has 1 heterocycles. The van der Waals surface area contributed by atoms with Gasteiger partial charge in [-0.25, -0.2) is 4.98 Å². The fourth-order valence-electron chi connectivity index (χ4n) is 1.61. The van der Waals surface area contributed by atoms with E-state index in [0.29, 0.717) is 5.02 Å². The molecule has 1 aromatic carbocycles. The van der Waals surface area contributed by atoms with E-state index < -0.39 is 0 Å². The van der Waals surface area contributed by atoms with E-state index in [9.17, 15) is 0 Å². The molecule has 0 bridgehead atoms. The summed E-state index contributed by atoms with van der Waals surface area (Å²) in [7, 11) is 1.95. The van der Waals surface area contributed by atoms with Gasteiger partial charge >= 0.3 is 0 Å². The van der Waals surface area contributed by atoms with E-state index in [2.05, 4.69) is 4.98 Å². The molecule has 2 rings (SSSR count). The first kappa shape index (κ1) is 9.49. The van der Waals surface area contributed by atoms with E-state index in [0.717, 1.165) is 16.9 Å². The van der Waals surface area contributed by atoms with Crippen LogP contribution in [0.1, 0.15) is 18.8 Å². The fourth-order valence-corrected chi connectivity index (χ4v) is 1.82. The third-order valence-corrected chi connectivity index (χ3v) is 2.61. The van der Waals surface area contributed by atoms with Crippen LogP contribution in [0, 0.1) is 0 Å². The molecule has 0 unspecified atom stereocenters. The van der Waals surface area contributed by atoms with Crippen molar-refractivity contribution in [1.29, 1.82) is 0 Å². The quantitative estimate of drug-likeness (QED) is 0.783. The van der Waals surface area contributed by atoms with Gasteiger partial charge in [0.05, 0.1) is 16.6 Å². The highest BCUT2D eigenvalue weighted by molar-refractivity contribution is 6.34. The molecule has 0 aliphatic carbocycles. The summed E-state index contributed by atoms with van der Waals surface area (Å²) in [4.78, 5) is 4.42. The lowest BCUT2D eigenvalue weighted by Crippen LogP contribution is -2.11. The average molecular weight is 210 g/mol. The largest absolute Gasteiger partial charge is 0.330 e. The number of para-hydroxylation sites is 1. The topological polar surface area (TPSA) is 43.8 Å². The second-order valence-electron chi connectivity index (χ2n) is 3.43. The predicted octanol–water partition coefficient (Wildman–Crippen LogP) is 2.25. The monoisotopic (exact) mass is 209 g/mol. The third kappa shape index (κ3) is 1.29. The first-order chi connectivity index (χ1) is 6.61. The molecule has 1 aromatic heterocycles. The summed E-state index contributed by atoms with van der Waals surface area (Å²) in [5.74, 6) is 0.855. The van der Waals surface area contributed by atoms with Crippen molar-refractivity contribution >= 4 is 22.6 Å². The zero-order chi connectivity index (χ0) is 10.3. The Bertz CT molecular complexity index is 473. The number of hydrogen-bond acceptors (Lipinski definition) is 2. The minimum Gasteiger partial charge on any atom is -0.330 e. The lowest BCUT2D eigenvalue weighted by Gasteiger charge is -2.04. The molecule has 0 radical (unpaired) electrons. The maximum absolute atomic E-state index is 6.03. The highest BCUT2D eigenvalue weighted by Gasteiger charge is 2.12. The molecule has 0 saturated carbocycles. The Labute approximate surface area is 87.5 Å². The van der Waals surface area contributed by atoms with Crippen molar-refractivity contribution in [2.75, 3.05) is 0 Å². The van der Waals surface area contributed by atoms with Crippen LogP contribution in [0.3, 0.4) is 0 Å². The van der Waals surface area contributed by atoms with Gasteiger partial charge in [0, 0.05) is 7.05 Å². The number of imidazole rings is 1. The van der Waals surface area contributed by atoms with Gasteiger partial charge in [0.15, 0.2) is 0 Å². The standard InChI is InChI=1S/C10H12ClN3/c1-6(12)10-13-9-7(11)4-3-5-8(9)14(10)2/h3-6H,12H2,1-2H3/t6-/m0/s1. The maximum atomic E-state index is 6.03. The number of halogens is 1. The van der Waals surface area contributed by atoms with Gasteiger partial charge in [-0.15, -0.1) is 0 Å². The van der Waals surface area contributed by atoms with Crippen LogP contribution in [-0.2, 0) is 7.05 Å². The Balaban J connectivity index is 2.80. The number of nitrogens with two attached hydrogens (primary N) is 1. The molecule has 0 aliphatic rings. The van der Waals surface area contributed by atoms with Crippen LogP contribution in [-0.4, -0.2) is 9.55 Å². The fraction of sp³-hybridized carbons (Fsp3) is 0.300. The van der Waals surface area contributed by atoms with Gasteiger partial charge in [-0.2, -0.15) is 0 Å². The van der Waals surface area contributed by atoms with Crippen molar-refractivity contribution in [3.8, 4) is 0 Å². The van der Waals surface area contributed by atoms with E-state index in [1.165, 1.54) is 0 Å². The molecule has 0 amide bonds. The van der Waals surface area contributed by atoms with Gasteiger partial charge in [0.25, 0.3) is 0 Å². The molecule has 3 nitrogen and oxygen atoms in total. The van der Waals surface area contributed by atoms with Crippen molar-refractivity contribution in [3.05, 3.63) is 29.0 Å². The van der Waals surface area contributed by atoms with Crippen LogP contribution < -0.4 is 5.73 Å². The van der Waals surface area contributed by atoms with Gasteiger partial charge in [0.2, 0.25) is 0 Å². The first-order valence-electron chi connectivity index (χ1n) is 4.47. The summed E-state index contributed by atoms with van der Waals surface area (Å²) in [6.45, 7) is 1.91. The first-order valence-corrected chi connectivity index (χ1v) is 4.85. The van der Waals surface area contributed by atoms with Crippen LogP contribution in [0.4, 0.5) is 0 Å². The molecule has 0 saturated heterocycles. The molecule has 0 aliphatic heterocycles. The van der Waals surface area contributed by atoms with Gasteiger partial charge < -0.3 is 10.3 Å². The van der Waals surface area contributed by atoms with E-state index in [1.54, 1.807) is 0 Å². The Kier molecular flexibility index (Phi) is 2.21. The summed E-state index contributed by atoms with van der Waals surface area (Å²) < 4.78 is 1.98. The van der Waals surface area contributed by atoms with Gasteiger partial charge in [-0.3, -0.25) is 0 Å². The second-order valence-corrected chi connectivity index (χ2v) is 3.83. The van der Waals surface area contributed by atoms with Crippen LogP contribution in [0.25, 0.3) is 11.0 Å². The second kappa shape index (κ2) is 3.26. The summed E-state index contributed by atoms with van der Waals surface area (Å²) in [6.07, 6.45) is 0. The van der Waals surface area contributed by atoms with E-state index in [-0.39, 0.29) is 6.04 Å². The highest BCUT2D eigenvalue weighted by atomic mass is 35.5. The van der Waals surface area contributed by atoms with Crippen LogP contribution in [0.5, 0.6) is 0 Å². The highest BCUT2D eigenvalue weighted by Crippen LogP contribution is 2.24. The van der Waals surface area contributed by atoms with Crippen molar-refractivity contribution < 1.29 is 0 Å². The molecule has 1 atom stereocenters. The van der Waals surface area contributed by atoms with Crippen molar-refractivity contribution in [2.45, 2.75) is 13.0 Å². The van der Waals surface area contributed by atoms with Crippen LogP contribution >= 0.6 is 11.6 Å². The molecule has 74 valence electrons. The molecular formula is C10H12ClN3. The van der Waals surface area contributed by atoms with Crippen LogP contribution in [0.15, 0.2) is 18.2 Å². The number of aryl methyl sites for hydroxylation is 1. The van der Waals surface area contributed by atoms with Gasteiger partial charge in [-0.05, 0) is 19.1 Å². The summed E-state index contributed by atoms with van der Waals surface area (Å²) >= 11 is 6.03. The van der Waals surface area contributed by atoms with Gasteiger partial charge in [0.1, 0.15) is 11.3 Å². The Morgan fingerprint density at radius 1 is 1.50 bits per heavy atom. The predicted molar refractivity (Wildman–Crippen MR) is 58.3 cm³/mol. The van der Waals surface area contributed by atoms with E-state index in [4.69, 9.17) is 17.3 Å². The molecule has 0 fully saturated rings. The summed E-state index contributed by atoms with van der Waals surface area (Å²) in [5.41, 5.74) is 7.64. The summed E-state index contributed by atoms with van der Waals surface area (Å²) in [6, 6.07) is 5.66. The number of nitrogens with zero attached hydrogens (tertiary/aromatic N) is 2. The minimum atomic E-state index is -0.0801. The Morgan fingerprint density at radius 3 is 2.79 bits per heavy atom. The minimum absolute atomic E-state index is 0.0801. The smallest absolute Gasteiger partial charge is 0.126 e. The zero-order valence-corrected chi connectivity index (χ0v) is 8.92. The van der Waals surface area contributed by atoms with Crippen molar-refractivity contribution in [2.24, 2.45) is 12.8 Å². The Hall–Kier alpha value is -1.06. The van der Waals surface area contributed by atoms with E-state index >= 15 is 0 Å². The van der Waals surface area contributed by atoms with Crippen LogP contribution in [0.2, 0.25) is 5.02 Å². The number of hydrogen-bond donors (Lipinski definition) is 1. The molecule has 14 heavy (non-hydrogen) atoms. The number of rotatable bonds is 1. The normalized spacial score (nSPS) is 13.4.